The lowest BCUT2D eigenvalue weighted by atomic mass is 10.00. The summed E-state index contributed by atoms with van der Waals surface area (Å²) in [6, 6.07) is 0. The molecule has 0 aromatic heterocycles. The van der Waals surface area contributed by atoms with Gasteiger partial charge in [0.05, 0.1) is 0 Å². The van der Waals surface area contributed by atoms with Gasteiger partial charge in [0, 0.05) is 26.7 Å². The lowest BCUT2D eigenvalue weighted by Gasteiger charge is -2.34. The molecule has 0 aliphatic carbocycles. The third-order valence-corrected chi connectivity index (χ3v) is 5.19. The highest BCUT2D eigenvalue weighted by Gasteiger charge is 2.31. The Morgan fingerprint density at radius 2 is 2.18 bits per heavy atom. The monoisotopic (exact) mass is 263 g/mol. The molecule has 0 aromatic carbocycles. The third kappa shape index (κ3) is 3.91. The highest BCUT2D eigenvalue weighted by atomic mass is 32.2. The standard InChI is InChI=1S/C11H25N3O2S/c1-4-7-13(3)17(15,16)14-8-5-6-11(10-14)9-12-2/h11-12H,4-10H2,1-3H3. The first-order chi connectivity index (χ1) is 8.02. The zero-order valence-electron chi connectivity index (χ0n) is 11.1. The molecule has 17 heavy (non-hydrogen) atoms. The average molecular weight is 263 g/mol. The molecule has 1 unspecified atom stereocenters. The van der Waals surface area contributed by atoms with Crippen molar-refractivity contribution in [3.63, 3.8) is 0 Å². The first-order valence-electron chi connectivity index (χ1n) is 6.38. The Morgan fingerprint density at radius 1 is 1.47 bits per heavy atom. The first-order valence-corrected chi connectivity index (χ1v) is 7.78. The minimum absolute atomic E-state index is 0.443. The van der Waals surface area contributed by atoms with Crippen molar-refractivity contribution in [3.8, 4) is 0 Å². The molecule has 1 heterocycles. The Morgan fingerprint density at radius 3 is 2.76 bits per heavy atom. The van der Waals surface area contributed by atoms with Gasteiger partial charge >= 0.3 is 0 Å². The summed E-state index contributed by atoms with van der Waals surface area (Å²) in [4.78, 5) is 0. The number of nitrogens with one attached hydrogen (secondary N) is 1. The van der Waals surface area contributed by atoms with Gasteiger partial charge in [-0.3, -0.25) is 0 Å². The molecule has 0 radical (unpaired) electrons. The predicted octanol–water partition coefficient (Wildman–Crippen LogP) is 0.504. The van der Waals surface area contributed by atoms with Crippen molar-refractivity contribution in [3.05, 3.63) is 0 Å². The summed E-state index contributed by atoms with van der Waals surface area (Å²) in [5.74, 6) is 0.443. The fourth-order valence-electron chi connectivity index (χ4n) is 2.32. The number of nitrogens with zero attached hydrogens (tertiary/aromatic N) is 2. The van der Waals surface area contributed by atoms with Crippen LogP contribution in [0.4, 0.5) is 0 Å². The largest absolute Gasteiger partial charge is 0.319 e. The molecule has 5 nitrogen and oxygen atoms in total. The molecule has 1 atom stereocenters. The fraction of sp³-hybridized carbons (Fsp3) is 1.00. The van der Waals surface area contributed by atoms with Crippen molar-refractivity contribution in [1.82, 2.24) is 13.9 Å². The molecule has 1 N–H and O–H groups in total. The Kier molecular flexibility index (Phi) is 5.85. The SMILES string of the molecule is CCCN(C)S(=O)(=O)N1CCCC(CNC)C1. The van der Waals surface area contributed by atoms with Crippen LogP contribution in [-0.2, 0) is 10.2 Å². The van der Waals surface area contributed by atoms with E-state index in [2.05, 4.69) is 5.32 Å². The summed E-state index contributed by atoms with van der Waals surface area (Å²) in [5, 5.41) is 3.13. The summed E-state index contributed by atoms with van der Waals surface area (Å²) >= 11 is 0. The average Bonchev–Trinajstić information content (AvgIpc) is 2.30. The third-order valence-electron chi connectivity index (χ3n) is 3.23. The number of piperidine rings is 1. The van der Waals surface area contributed by atoms with Crippen molar-refractivity contribution in [1.29, 1.82) is 0 Å². The van der Waals surface area contributed by atoms with E-state index in [9.17, 15) is 8.42 Å². The van der Waals surface area contributed by atoms with E-state index in [1.165, 1.54) is 4.31 Å². The van der Waals surface area contributed by atoms with Crippen LogP contribution in [-0.4, -0.2) is 57.3 Å². The van der Waals surface area contributed by atoms with Crippen LogP contribution >= 0.6 is 0 Å². The molecule has 1 aliphatic heterocycles. The second-order valence-corrected chi connectivity index (χ2v) is 6.79. The van der Waals surface area contributed by atoms with Crippen LogP contribution in [0.5, 0.6) is 0 Å². The van der Waals surface area contributed by atoms with E-state index >= 15 is 0 Å². The van der Waals surface area contributed by atoms with Crippen LogP contribution < -0.4 is 5.32 Å². The predicted molar refractivity (Wildman–Crippen MR) is 70.1 cm³/mol. The van der Waals surface area contributed by atoms with Gasteiger partial charge < -0.3 is 5.32 Å². The van der Waals surface area contributed by atoms with E-state index in [-0.39, 0.29) is 0 Å². The fourth-order valence-corrected chi connectivity index (χ4v) is 3.89. The molecule has 0 saturated carbocycles. The van der Waals surface area contributed by atoms with Gasteiger partial charge in [-0.1, -0.05) is 6.92 Å². The van der Waals surface area contributed by atoms with Gasteiger partial charge in [0.25, 0.3) is 10.2 Å². The van der Waals surface area contributed by atoms with Crippen molar-refractivity contribution >= 4 is 10.2 Å². The number of hydrogen-bond acceptors (Lipinski definition) is 3. The Labute approximate surface area is 105 Å². The van der Waals surface area contributed by atoms with E-state index in [4.69, 9.17) is 0 Å². The molecule has 0 spiro atoms. The van der Waals surface area contributed by atoms with Crippen molar-refractivity contribution in [2.75, 3.05) is 40.3 Å². The Bertz CT molecular complexity index is 317. The summed E-state index contributed by atoms with van der Waals surface area (Å²) < 4.78 is 27.6. The summed E-state index contributed by atoms with van der Waals surface area (Å²) in [6.07, 6.45) is 2.93. The molecular formula is C11H25N3O2S. The van der Waals surface area contributed by atoms with Gasteiger partial charge in [-0.2, -0.15) is 17.0 Å². The van der Waals surface area contributed by atoms with Crippen molar-refractivity contribution in [2.45, 2.75) is 26.2 Å². The van der Waals surface area contributed by atoms with Gasteiger partial charge in [0.1, 0.15) is 0 Å². The molecule has 1 aliphatic rings. The van der Waals surface area contributed by atoms with Crippen LogP contribution in [0, 0.1) is 5.92 Å². The van der Waals surface area contributed by atoms with Crippen molar-refractivity contribution < 1.29 is 8.42 Å². The lowest BCUT2D eigenvalue weighted by molar-refractivity contribution is 0.249. The van der Waals surface area contributed by atoms with E-state index in [0.717, 1.165) is 25.8 Å². The molecule has 0 amide bonds. The minimum Gasteiger partial charge on any atom is -0.319 e. The minimum atomic E-state index is -3.24. The molecular weight excluding hydrogens is 238 g/mol. The van der Waals surface area contributed by atoms with E-state index in [1.807, 2.05) is 14.0 Å². The van der Waals surface area contributed by atoms with Gasteiger partial charge in [0.15, 0.2) is 0 Å². The summed E-state index contributed by atoms with van der Waals surface area (Å²) in [6.45, 7) is 4.79. The maximum Gasteiger partial charge on any atom is 0.281 e. The van der Waals surface area contributed by atoms with Crippen molar-refractivity contribution in [2.24, 2.45) is 5.92 Å². The molecule has 102 valence electrons. The van der Waals surface area contributed by atoms with Crippen LogP contribution in [0.2, 0.25) is 0 Å². The second-order valence-electron chi connectivity index (χ2n) is 4.75. The topological polar surface area (TPSA) is 52.7 Å². The normalized spacial score (nSPS) is 23.2. The zero-order chi connectivity index (χ0) is 12.9. The summed E-state index contributed by atoms with van der Waals surface area (Å²) in [5.41, 5.74) is 0. The zero-order valence-corrected chi connectivity index (χ0v) is 12.0. The maximum atomic E-state index is 12.3. The lowest BCUT2D eigenvalue weighted by Crippen LogP contribution is -2.48. The summed E-state index contributed by atoms with van der Waals surface area (Å²) in [7, 11) is 0.344. The van der Waals surface area contributed by atoms with E-state index in [1.54, 1.807) is 11.4 Å². The highest BCUT2D eigenvalue weighted by Crippen LogP contribution is 2.20. The van der Waals surface area contributed by atoms with Gasteiger partial charge in [-0.25, -0.2) is 0 Å². The van der Waals surface area contributed by atoms with Crippen LogP contribution in [0.1, 0.15) is 26.2 Å². The number of rotatable bonds is 6. The van der Waals surface area contributed by atoms with Gasteiger partial charge in [-0.05, 0) is 38.8 Å². The van der Waals surface area contributed by atoms with Crippen LogP contribution in [0.3, 0.4) is 0 Å². The second kappa shape index (κ2) is 6.68. The van der Waals surface area contributed by atoms with Crippen LogP contribution in [0.15, 0.2) is 0 Å². The van der Waals surface area contributed by atoms with E-state index < -0.39 is 10.2 Å². The molecule has 0 bridgehead atoms. The molecule has 1 fully saturated rings. The first kappa shape index (κ1) is 14.9. The van der Waals surface area contributed by atoms with Gasteiger partial charge in [0.2, 0.25) is 0 Å². The van der Waals surface area contributed by atoms with Gasteiger partial charge in [-0.15, -0.1) is 0 Å². The van der Waals surface area contributed by atoms with Crippen LogP contribution in [0.25, 0.3) is 0 Å². The molecule has 1 rings (SSSR count). The van der Waals surface area contributed by atoms with E-state index in [0.29, 0.717) is 25.6 Å². The molecule has 0 aromatic rings. The quantitative estimate of drug-likeness (QED) is 0.759. The Balaban J connectivity index is 2.64. The maximum absolute atomic E-state index is 12.3. The highest BCUT2D eigenvalue weighted by molar-refractivity contribution is 7.86. The molecule has 6 heteroatoms. The molecule has 1 saturated heterocycles. The number of hydrogen-bond donors (Lipinski definition) is 1. The smallest absolute Gasteiger partial charge is 0.281 e. The Hall–Kier alpha value is -0.170.